The van der Waals surface area contributed by atoms with Crippen molar-refractivity contribution in [3.05, 3.63) is 63.1 Å². The lowest BCUT2D eigenvalue weighted by Crippen LogP contribution is -2.30. The van der Waals surface area contributed by atoms with Gasteiger partial charge in [0, 0.05) is 23.0 Å². The van der Waals surface area contributed by atoms with Gasteiger partial charge in [-0.15, -0.1) is 0 Å². The Morgan fingerprint density at radius 3 is 2.26 bits per heavy atom. The topological polar surface area (TPSA) is 20.3 Å². The van der Waals surface area contributed by atoms with Crippen LogP contribution in [0.15, 0.2) is 42.5 Å². The number of rotatable bonds is 7. The Morgan fingerprint density at radius 2 is 1.70 bits per heavy atom. The molecule has 0 aliphatic carbocycles. The second-order valence-electron chi connectivity index (χ2n) is 5.22. The highest BCUT2D eigenvalue weighted by Crippen LogP contribution is 2.36. The lowest BCUT2D eigenvalue weighted by molar-refractivity contribution is -0.107. The number of carbonyl (C=O) groups is 1. The zero-order valence-corrected chi connectivity index (χ0v) is 15.1. The van der Waals surface area contributed by atoms with Crippen molar-refractivity contribution in [2.24, 2.45) is 0 Å². The second-order valence-corrected chi connectivity index (χ2v) is 6.50. The molecule has 2 aromatic rings. The molecule has 23 heavy (non-hydrogen) atoms. The van der Waals surface area contributed by atoms with E-state index < -0.39 is 0 Å². The third-order valence-electron chi connectivity index (χ3n) is 3.72. The number of hydrogen-bond donors (Lipinski definition) is 0. The monoisotopic (exact) mass is 369 g/mol. The van der Waals surface area contributed by atoms with Gasteiger partial charge in [-0.3, -0.25) is 0 Å². The molecule has 0 heterocycles. The first kappa shape index (κ1) is 18.1. The predicted octanol–water partition coefficient (Wildman–Crippen LogP) is 6.19. The first-order valence-electron chi connectivity index (χ1n) is 7.47. The van der Waals surface area contributed by atoms with E-state index in [1.807, 2.05) is 36.4 Å². The van der Waals surface area contributed by atoms with Crippen LogP contribution in [0, 0.1) is 0 Å². The largest absolute Gasteiger partial charge is 0.363 e. The first-order valence-corrected chi connectivity index (χ1v) is 8.61. The van der Waals surface area contributed by atoms with Crippen molar-refractivity contribution < 1.29 is 4.79 Å². The number of anilines is 1. The van der Waals surface area contributed by atoms with Gasteiger partial charge in [0.15, 0.2) is 0 Å². The Bertz CT molecular complexity index is 658. The van der Waals surface area contributed by atoms with Gasteiger partial charge in [-0.25, -0.2) is 0 Å². The van der Waals surface area contributed by atoms with Crippen LogP contribution in [-0.2, 0) is 4.79 Å². The van der Waals surface area contributed by atoms with E-state index >= 15 is 0 Å². The molecule has 0 saturated heterocycles. The molecule has 5 heteroatoms. The summed E-state index contributed by atoms with van der Waals surface area (Å²) in [6, 6.07) is 13.3. The van der Waals surface area contributed by atoms with Crippen LogP contribution >= 0.6 is 34.8 Å². The fraction of sp³-hybridized carbons (Fsp3) is 0.278. The minimum absolute atomic E-state index is 0.103. The van der Waals surface area contributed by atoms with Crippen LogP contribution in [0.25, 0.3) is 0 Å². The summed E-state index contributed by atoms with van der Waals surface area (Å²) in [6.07, 6.45) is 2.23. The molecule has 0 aliphatic heterocycles. The van der Waals surface area contributed by atoms with Gasteiger partial charge < -0.3 is 9.69 Å². The van der Waals surface area contributed by atoms with Gasteiger partial charge in [-0.05, 0) is 42.3 Å². The Balaban J connectivity index is 2.42. The molecule has 0 aliphatic rings. The van der Waals surface area contributed by atoms with Gasteiger partial charge in [0.25, 0.3) is 0 Å². The standard InChI is InChI=1S/C18H18Cl3NO/c1-2-17(13-4-6-14(19)7-5-13)22(10-3-11-23)18-9-8-15(20)12-16(18)21/h4-9,11-12,17H,2-3,10H2,1H3. The molecule has 1 atom stereocenters. The molecule has 2 aromatic carbocycles. The number of benzene rings is 2. The van der Waals surface area contributed by atoms with E-state index in [4.69, 9.17) is 34.8 Å². The molecular formula is C18H18Cl3NO. The summed E-state index contributed by atoms with van der Waals surface area (Å²) in [5.74, 6) is 0. The molecule has 0 amide bonds. The number of aldehydes is 1. The minimum Gasteiger partial charge on any atom is -0.363 e. The molecule has 0 N–H and O–H groups in total. The summed E-state index contributed by atoms with van der Waals surface area (Å²) in [7, 11) is 0. The summed E-state index contributed by atoms with van der Waals surface area (Å²) in [4.78, 5) is 13.0. The fourth-order valence-electron chi connectivity index (χ4n) is 2.67. The molecule has 1 unspecified atom stereocenters. The second kappa shape index (κ2) is 8.58. The lowest BCUT2D eigenvalue weighted by atomic mass is 10.0. The van der Waals surface area contributed by atoms with Gasteiger partial charge in [0.05, 0.1) is 16.8 Å². The maximum Gasteiger partial charge on any atom is 0.121 e. The van der Waals surface area contributed by atoms with Crippen LogP contribution in [0.2, 0.25) is 15.1 Å². The van der Waals surface area contributed by atoms with Gasteiger partial charge in [0.2, 0.25) is 0 Å². The minimum atomic E-state index is 0.103. The Morgan fingerprint density at radius 1 is 1.04 bits per heavy atom. The van der Waals surface area contributed by atoms with Crippen LogP contribution in [0.3, 0.4) is 0 Å². The van der Waals surface area contributed by atoms with Gasteiger partial charge >= 0.3 is 0 Å². The Hall–Kier alpha value is -1.22. The van der Waals surface area contributed by atoms with E-state index in [1.54, 1.807) is 6.07 Å². The third kappa shape index (κ3) is 4.63. The van der Waals surface area contributed by atoms with Crippen molar-refractivity contribution in [1.82, 2.24) is 0 Å². The molecule has 2 rings (SSSR count). The average Bonchev–Trinajstić information content (AvgIpc) is 2.53. The normalized spacial score (nSPS) is 12.0. The SMILES string of the molecule is CCC(c1ccc(Cl)cc1)N(CCC=O)c1ccc(Cl)cc1Cl. The highest BCUT2D eigenvalue weighted by Gasteiger charge is 2.21. The Kier molecular flexibility index (Phi) is 6.76. The van der Waals surface area contributed by atoms with Crippen molar-refractivity contribution in [3.63, 3.8) is 0 Å². The summed E-state index contributed by atoms with van der Waals surface area (Å²) >= 11 is 18.4. The van der Waals surface area contributed by atoms with Crippen LogP contribution < -0.4 is 4.90 Å². The van der Waals surface area contributed by atoms with Gasteiger partial charge in [-0.2, -0.15) is 0 Å². The van der Waals surface area contributed by atoms with Crippen molar-refractivity contribution >= 4 is 46.8 Å². The fourth-order valence-corrected chi connectivity index (χ4v) is 3.31. The van der Waals surface area contributed by atoms with E-state index in [2.05, 4.69) is 11.8 Å². The van der Waals surface area contributed by atoms with Crippen molar-refractivity contribution in [1.29, 1.82) is 0 Å². The van der Waals surface area contributed by atoms with Crippen molar-refractivity contribution in [2.75, 3.05) is 11.4 Å². The van der Waals surface area contributed by atoms with Crippen LogP contribution in [-0.4, -0.2) is 12.8 Å². The molecule has 0 spiro atoms. The van der Waals surface area contributed by atoms with E-state index in [1.165, 1.54) is 0 Å². The van der Waals surface area contributed by atoms with Crippen molar-refractivity contribution in [3.8, 4) is 0 Å². The van der Waals surface area contributed by atoms with Crippen LogP contribution in [0.5, 0.6) is 0 Å². The van der Waals surface area contributed by atoms with Gasteiger partial charge in [0.1, 0.15) is 6.29 Å². The number of carbonyl (C=O) groups excluding carboxylic acids is 1. The van der Waals surface area contributed by atoms with Gasteiger partial charge in [-0.1, -0.05) is 53.9 Å². The smallest absolute Gasteiger partial charge is 0.121 e. The molecule has 0 saturated carbocycles. The quantitative estimate of drug-likeness (QED) is 0.541. The Labute approximate surface area is 152 Å². The van der Waals surface area contributed by atoms with E-state index in [9.17, 15) is 4.79 Å². The molecule has 2 nitrogen and oxygen atoms in total. The highest BCUT2D eigenvalue weighted by atomic mass is 35.5. The number of nitrogens with zero attached hydrogens (tertiary/aromatic N) is 1. The predicted molar refractivity (Wildman–Crippen MR) is 99.0 cm³/mol. The summed E-state index contributed by atoms with van der Waals surface area (Å²) in [6.45, 7) is 2.70. The zero-order chi connectivity index (χ0) is 16.8. The zero-order valence-electron chi connectivity index (χ0n) is 12.8. The molecule has 0 bridgehead atoms. The molecule has 0 radical (unpaired) electrons. The molecule has 0 fully saturated rings. The van der Waals surface area contributed by atoms with E-state index in [0.29, 0.717) is 28.0 Å². The molecular weight excluding hydrogens is 353 g/mol. The average molecular weight is 371 g/mol. The van der Waals surface area contributed by atoms with E-state index in [-0.39, 0.29) is 6.04 Å². The van der Waals surface area contributed by atoms with Crippen LogP contribution in [0.1, 0.15) is 31.4 Å². The number of halogens is 3. The summed E-state index contributed by atoms with van der Waals surface area (Å²) in [5.41, 5.74) is 2.01. The maximum atomic E-state index is 10.9. The van der Waals surface area contributed by atoms with Crippen LogP contribution in [0.4, 0.5) is 5.69 Å². The number of hydrogen-bond acceptors (Lipinski definition) is 2. The lowest BCUT2D eigenvalue weighted by Gasteiger charge is -2.34. The maximum absolute atomic E-state index is 10.9. The highest BCUT2D eigenvalue weighted by molar-refractivity contribution is 6.36. The first-order chi connectivity index (χ1) is 11.1. The molecule has 122 valence electrons. The summed E-state index contributed by atoms with van der Waals surface area (Å²) < 4.78 is 0. The third-order valence-corrected chi connectivity index (χ3v) is 4.51. The van der Waals surface area contributed by atoms with E-state index in [0.717, 1.165) is 24.0 Å². The van der Waals surface area contributed by atoms with Crippen molar-refractivity contribution in [2.45, 2.75) is 25.8 Å². The molecule has 0 aromatic heterocycles. The summed E-state index contributed by atoms with van der Waals surface area (Å²) in [5, 5.41) is 1.87.